The van der Waals surface area contributed by atoms with Gasteiger partial charge in [0, 0.05) is 17.3 Å². The molecule has 33 heavy (non-hydrogen) atoms. The lowest BCUT2D eigenvalue weighted by Gasteiger charge is -2.06. The molecule has 0 spiro atoms. The van der Waals surface area contributed by atoms with Gasteiger partial charge in [0.25, 0.3) is 5.91 Å². The van der Waals surface area contributed by atoms with Gasteiger partial charge >= 0.3 is 0 Å². The highest BCUT2D eigenvalue weighted by Gasteiger charge is 2.13. The van der Waals surface area contributed by atoms with E-state index in [1.54, 1.807) is 29.1 Å². The van der Waals surface area contributed by atoms with Crippen molar-refractivity contribution in [3.05, 3.63) is 113 Å². The van der Waals surface area contributed by atoms with Crippen LogP contribution in [0, 0.1) is 0 Å². The first-order valence-corrected chi connectivity index (χ1v) is 10.8. The molecule has 5 aromatic rings. The molecule has 0 fully saturated rings. The second-order valence-electron chi connectivity index (χ2n) is 7.54. The van der Waals surface area contributed by atoms with Crippen molar-refractivity contribution in [2.24, 2.45) is 0 Å². The Morgan fingerprint density at radius 2 is 1.79 bits per heavy atom. The zero-order valence-corrected chi connectivity index (χ0v) is 18.3. The standard InChI is InChI=1S/C26H20ClN3O3/c27-21-8-5-18(6-9-21)16-30-14-13-25(29-30)28-26(31)24-12-11-23(33-24)17-32-22-10-7-19-3-1-2-4-20(19)15-22/h1-15H,16-17H2,(H,28,29,31). The average Bonchev–Trinajstić information content (AvgIpc) is 3.49. The van der Waals surface area contributed by atoms with Gasteiger partial charge in [0.2, 0.25) is 0 Å². The molecule has 2 heterocycles. The Morgan fingerprint density at radius 3 is 2.64 bits per heavy atom. The molecule has 0 saturated carbocycles. The first-order valence-electron chi connectivity index (χ1n) is 10.4. The maximum absolute atomic E-state index is 12.5. The van der Waals surface area contributed by atoms with E-state index in [2.05, 4.69) is 16.5 Å². The molecule has 3 aromatic carbocycles. The average molecular weight is 458 g/mol. The Bertz CT molecular complexity index is 1410. The van der Waals surface area contributed by atoms with Gasteiger partial charge in [-0.2, -0.15) is 5.10 Å². The van der Waals surface area contributed by atoms with Gasteiger partial charge in [-0.05, 0) is 52.7 Å². The van der Waals surface area contributed by atoms with E-state index in [4.69, 9.17) is 20.8 Å². The SMILES string of the molecule is O=C(Nc1ccn(Cc2ccc(Cl)cc2)n1)c1ccc(COc2ccc3ccccc3c2)o1. The number of aromatic nitrogens is 2. The number of fused-ring (bicyclic) bond motifs is 1. The van der Waals surface area contributed by atoms with Crippen molar-refractivity contribution < 1.29 is 13.9 Å². The van der Waals surface area contributed by atoms with Crippen LogP contribution in [-0.2, 0) is 13.2 Å². The lowest BCUT2D eigenvalue weighted by molar-refractivity contribution is 0.0992. The summed E-state index contributed by atoms with van der Waals surface area (Å²) in [5.74, 6) is 1.56. The third-order valence-corrected chi connectivity index (χ3v) is 5.38. The van der Waals surface area contributed by atoms with Crippen LogP contribution >= 0.6 is 11.6 Å². The van der Waals surface area contributed by atoms with E-state index in [-0.39, 0.29) is 18.3 Å². The molecule has 1 N–H and O–H groups in total. The van der Waals surface area contributed by atoms with E-state index < -0.39 is 0 Å². The molecule has 0 saturated heterocycles. The number of amides is 1. The summed E-state index contributed by atoms with van der Waals surface area (Å²) in [5.41, 5.74) is 1.06. The molecule has 0 atom stereocenters. The van der Waals surface area contributed by atoms with Crippen molar-refractivity contribution >= 4 is 34.1 Å². The minimum atomic E-state index is -0.372. The van der Waals surface area contributed by atoms with Crippen LogP contribution in [0.5, 0.6) is 5.75 Å². The fourth-order valence-corrected chi connectivity index (χ4v) is 3.59. The topological polar surface area (TPSA) is 69.3 Å². The Labute approximate surface area is 195 Å². The number of rotatable bonds is 7. The highest BCUT2D eigenvalue weighted by Crippen LogP contribution is 2.22. The monoisotopic (exact) mass is 457 g/mol. The number of benzene rings is 3. The fraction of sp³-hybridized carbons (Fsp3) is 0.0769. The van der Waals surface area contributed by atoms with E-state index in [0.29, 0.717) is 23.1 Å². The molecule has 0 aliphatic carbocycles. The van der Waals surface area contributed by atoms with Crippen LogP contribution < -0.4 is 10.1 Å². The predicted octanol–water partition coefficient (Wildman–Crippen LogP) is 6.16. The van der Waals surface area contributed by atoms with Gasteiger partial charge in [-0.15, -0.1) is 0 Å². The molecule has 0 bridgehead atoms. The normalized spacial score (nSPS) is 10.9. The lowest BCUT2D eigenvalue weighted by Crippen LogP contribution is -2.12. The maximum atomic E-state index is 12.5. The summed E-state index contributed by atoms with van der Waals surface area (Å²) in [4.78, 5) is 12.5. The Kier molecular flexibility index (Phi) is 5.83. The smallest absolute Gasteiger partial charge is 0.292 e. The number of ether oxygens (including phenoxy) is 1. The number of carbonyl (C=O) groups excluding carboxylic acids is 1. The van der Waals surface area contributed by atoms with Crippen molar-refractivity contribution in [2.75, 3.05) is 5.32 Å². The van der Waals surface area contributed by atoms with Crippen LogP contribution in [0.4, 0.5) is 5.82 Å². The summed E-state index contributed by atoms with van der Waals surface area (Å²) in [6.07, 6.45) is 1.80. The quantitative estimate of drug-likeness (QED) is 0.317. The second kappa shape index (κ2) is 9.22. The van der Waals surface area contributed by atoms with Crippen LogP contribution in [0.2, 0.25) is 5.02 Å². The van der Waals surface area contributed by atoms with Crippen LogP contribution in [0.1, 0.15) is 21.9 Å². The van der Waals surface area contributed by atoms with Crippen molar-refractivity contribution in [1.82, 2.24) is 9.78 Å². The number of halogens is 1. The van der Waals surface area contributed by atoms with Crippen LogP contribution in [0.3, 0.4) is 0 Å². The first-order chi connectivity index (χ1) is 16.1. The third kappa shape index (κ3) is 5.07. The van der Waals surface area contributed by atoms with Crippen LogP contribution in [0.25, 0.3) is 10.8 Å². The Morgan fingerprint density at radius 1 is 0.970 bits per heavy atom. The number of anilines is 1. The molecule has 164 valence electrons. The molecule has 1 amide bonds. The van der Waals surface area contributed by atoms with Crippen molar-refractivity contribution in [3.8, 4) is 5.75 Å². The molecule has 0 aliphatic rings. The van der Waals surface area contributed by atoms with Gasteiger partial charge in [-0.1, -0.05) is 54.1 Å². The molecule has 5 rings (SSSR count). The molecular formula is C26H20ClN3O3. The maximum Gasteiger partial charge on any atom is 0.292 e. The minimum absolute atomic E-state index is 0.194. The molecule has 6 nitrogen and oxygen atoms in total. The summed E-state index contributed by atoms with van der Waals surface area (Å²) in [6, 6.07) is 26.6. The third-order valence-electron chi connectivity index (χ3n) is 5.13. The number of nitrogens with one attached hydrogen (secondary N) is 1. The highest BCUT2D eigenvalue weighted by atomic mass is 35.5. The number of carbonyl (C=O) groups is 1. The van der Waals surface area contributed by atoms with Gasteiger partial charge in [-0.25, -0.2) is 0 Å². The van der Waals surface area contributed by atoms with Gasteiger partial charge in [0.15, 0.2) is 11.6 Å². The molecule has 2 aromatic heterocycles. The Balaban J connectivity index is 1.18. The summed E-state index contributed by atoms with van der Waals surface area (Å²) in [7, 11) is 0. The lowest BCUT2D eigenvalue weighted by atomic mass is 10.1. The van der Waals surface area contributed by atoms with Crippen molar-refractivity contribution in [2.45, 2.75) is 13.2 Å². The minimum Gasteiger partial charge on any atom is -0.486 e. The van der Waals surface area contributed by atoms with Crippen molar-refractivity contribution in [1.29, 1.82) is 0 Å². The van der Waals surface area contributed by atoms with Gasteiger partial charge in [0.05, 0.1) is 6.54 Å². The van der Waals surface area contributed by atoms with E-state index in [1.165, 1.54) is 0 Å². The second-order valence-corrected chi connectivity index (χ2v) is 7.98. The van der Waals surface area contributed by atoms with Gasteiger partial charge < -0.3 is 14.5 Å². The van der Waals surface area contributed by atoms with Gasteiger partial charge in [0.1, 0.15) is 18.1 Å². The van der Waals surface area contributed by atoms with Crippen LogP contribution in [0.15, 0.2) is 95.5 Å². The van der Waals surface area contributed by atoms with E-state index >= 15 is 0 Å². The number of furan rings is 1. The number of hydrogen-bond acceptors (Lipinski definition) is 4. The summed E-state index contributed by atoms with van der Waals surface area (Å²) in [6.45, 7) is 0.797. The fourth-order valence-electron chi connectivity index (χ4n) is 3.46. The van der Waals surface area contributed by atoms with E-state index in [0.717, 1.165) is 22.1 Å². The molecule has 0 radical (unpaired) electrons. The van der Waals surface area contributed by atoms with Crippen molar-refractivity contribution in [3.63, 3.8) is 0 Å². The zero-order chi connectivity index (χ0) is 22.6. The van der Waals surface area contributed by atoms with E-state index in [9.17, 15) is 4.79 Å². The van der Waals surface area contributed by atoms with Crippen LogP contribution in [-0.4, -0.2) is 15.7 Å². The highest BCUT2D eigenvalue weighted by molar-refractivity contribution is 6.30. The van der Waals surface area contributed by atoms with Gasteiger partial charge in [-0.3, -0.25) is 9.48 Å². The summed E-state index contributed by atoms with van der Waals surface area (Å²) >= 11 is 5.92. The molecule has 7 heteroatoms. The predicted molar refractivity (Wildman–Crippen MR) is 128 cm³/mol. The first kappa shape index (κ1) is 20.8. The molecular weight excluding hydrogens is 438 g/mol. The summed E-state index contributed by atoms with van der Waals surface area (Å²) in [5, 5.41) is 10.1. The number of hydrogen-bond donors (Lipinski definition) is 1. The molecule has 0 aliphatic heterocycles. The van der Waals surface area contributed by atoms with E-state index in [1.807, 2.05) is 60.7 Å². The summed E-state index contributed by atoms with van der Waals surface area (Å²) < 4.78 is 13.2. The number of nitrogens with zero attached hydrogens (tertiary/aromatic N) is 2. The molecule has 0 unspecified atom stereocenters. The zero-order valence-electron chi connectivity index (χ0n) is 17.6. The largest absolute Gasteiger partial charge is 0.486 e. The Hall–Kier alpha value is -4.03.